The van der Waals surface area contributed by atoms with Crippen molar-refractivity contribution in [2.75, 3.05) is 19.7 Å². The Hall–Kier alpha value is -11.2. The number of anilines is 4. The molecular weight excluding hydrogens is 1120 g/mol. The Bertz CT molecular complexity index is 3770. The molecule has 0 saturated heterocycles. The third kappa shape index (κ3) is 14.6. The number of hydrogen-bond acceptors (Lipinski definition) is 8. The van der Waals surface area contributed by atoms with Gasteiger partial charge >= 0.3 is 27.4 Å². The molecule has 4 heterocycles. The van der Waals surface area contributed by atoms with Crippen LogP contribution in [0.15, 0.2) is 384 Å². The van der Waals surface area contributed by atoms with E-state index in [0.717, 1.165) is 70.9 Å². The van der Waals surface area contributed by atoms with Crippen molar-refractivity contribution in [2.24, 2.45) is 20.4 Å². The van der Waals surface area contributed by atoms with Crippen LogP contribution in [0.3, 0.4) is 0 Å². The average Bonchev–Trinajstić information content (AvgIpc) is 1.85. The zero-order valence-electron chi connectivity index (χ0n) is 51.4. The summed E-state index contributed by atoms with van der Waals surface area (Å²) in [7, 11) is 0. The Balaban J connectivity index is 0.000000112. The summed E-state index contributed by atoms with van der Waals surface area (Å²) in [5, 5.41) is 19.7. The summed E-state index contributed by atoms with van der Waals surface area (Å²) in [5.74, 6) is 0. The van der Waals surface area contributed by atoms with Crippen LogP contribution in [0.5, 0.6) is 0 Å². The van der Waals surface area contributed by atoms with Crippen LogP contribution in [0.4, 0.5) is 22.7 Å². The van der Waals surface area contributed by atoms with Crippen molar-refractivity contribution >= 4 is 94.8 Å². The van der Waals surface area contributed by atoms with Crippen LogP contribution in [0.1, 0.15) is 22.3 Å². The van der Waals surface area contributed by atoms with Gasteiger partial charge in [-0.25, -0.2) is 0 Å². The van der Waals surface area contributed by atoms with Crippen molar-refractivity contribution in [3.8, 4) is 0 Å². The van der Waals surface area contributed by atoms with Gasteiger partial charge in [0, 0.05) is 22.7 Å². The number of nitrogens with zero attached hydrogens (tertiary/aromatic N) is 8. The van der Waals surface area contributed by atoms with Gasteiger partial charge in [0.2, 0.25) is 0 Å². The van der Waals surface area contributed by atoms with E-state index in [9.17, 15) is 0 Å². The van der Waals surface area contributed by atoms with Gasteiger partial charge in [0.05, 0.1) is 22.8 Å². The van der Waals surface area contributed by atoms with E-state index in [0.29, 0.717) is 0 Å². The Kier molecular flexibility index (Phi) is 19.4. The highest BCUT2D eigenvalue weighted by Gasteiger charge is 2.37. The molecule has 0 spiro atoms. The highest BCUT2D eigenvalue weighted by Crippen LogP contribution is 2.30. The summed E-state index contributed by atoms with van der Waals surface area (Å²) in [6, 6.07) is 126. The van der Waals surface area contributed by atoms with E-state index in [2.05, 4.69) is 335 Å². The van der Waals surface area contributed by atoms with Crippen molar-refractivity contribution in [3.05, 3.63) is 386 Å². The number of hydrogen-bond donors (Lipinski definition) is 0. The molecule has 4 aliphatic heterocycles. The van der Waals surface area contributed by atoms with Crippen molar-refractivity contribution in [3.63, 3.8) is 0 Å². The van der Waals surface area contributed by atoms with Gasteiger partial charge in [0.25, 0.3) is 0 Å². The first-order chi connectivity index (χ1) is 45.7. The fraction of sp³-hybridized carbons (Fsp3) is 0.0500. The summed E-state index contributed by atoms with van der Waals surface area (Å²) in [4.78, 5) is 8.60. The van der Waals surface area contributed by atoms with Gasteiger partial charge in [-0.2, -0.15) is 20.4 Å². The van der Waals surface area contributed by atoms with Crippen molar-refractivity contribution in [1.82, 2.24) is 0 Å². The van der Waals surface area contributed by atoms with Gasteiger partial charge < -0.3 is 19.7 Å². The normalized spacial score (nSPS) is 14.0. The van der Waals surface area contributed by atoms with E-state index in [1.54, 1.807) is 0 Å². The lowest BCUT2D eigenvalue weighted by Crippen LogP contribution is -2.42. The monoisotopic (exact) mass is 1180 g/mol. The smallest absolute Gasteiger partial charge is 0.305 e. The van der Waals surface area contributed by atoms with Crippen LogP contribution in [0, 0.1) is 0 Å². The molecule has 440 valence electrons. The Labute approximate surface area is 543 Å². The molecule has 12 aromatic carbocycles. The number of para-hydroxylation sites is 4. The lowest BCUT2D eigenvalue weighted by Gasteiger charge is -2.21. The Morgan fingerprint density at radius 2 is 0.315 bits per heavy atom. The molecule has 0 N–H and O–H groups in total. The molecule has 12 heteroatoms. The molecule has 0 atom stereocenters. The van der Waals surface area contributed by atoms with Gasteiger partial charge in [-0.1, -0.05) is 337 Å². The van der Waals surface area contributed by atoms with E-state index < -0.39 is 0 Å². The minimum atomic E-state index is 0.244. The molecule has 12 aromatic rings. The lowest BCUT2D eigenvalue weighted by atomic mass is 9.52. The van der Waals surface area contributed by atoms with E-state index in [4.69, 9.17) is 20.4 Å². The van der Waals surface area contributed by atoms with Crippen LogP contribution in [0.2, 0.25) is 25.3 Å². The quantitative estimate of drug-likeness (QED) is 0.114. The zero-order valence-corrected chi connectivity index (χ0v) is 51.4. The SMILES string of the molecule is c1ccc(B2CC(c3ccccc3)=NN2c2ccccc2)cc1.c1ccc(B2CC(c3ccccc3)=NN2c2ccccc2)cc1.c1ccc(B2CC(c3ccccc3)=NN2c2ccccc2)cc1.c1ccc(B2CC(c3ccccc3)=NN2c2ccccc2)cc1. The fourth-order valence-corrected chi connectivity index (χ4v) is 12.3. The number of rotatable bonds is 12. The lowest BCUT2D eigenvalue weighted by molar-refractivity contribution is 1.18. The van der Waals surface area contributed by atoms with E-state index >= 15 is 0 Å². The first-order valence-electron chi connectivity index (χ1n) is 31.8. The van der Waals surface area contributed by atoms with Gasteiger partial charge in [-0.15, -0.1) is 0 Å². The standard InChI is InChI=1S/4C20H17BN2/c4*1-4-10-17(11-5-1)20-16-21(18-12-6-2-7-13-18)23(22-20)19-14-8-3-9-15-19/h4*1-15H,16H2. The minimum absolute atomic E-state index is 0.244. The topological polar surface area (TPSA) is 62.4 Å². The molecule has 0 unspecified atom stereocenters. The molecule has 0 saturated carbocycles. The molecule has 16 rings (SSSR count). The molecule has 4 aliphatic rings. The van der Waals surface area contributed by atoms with Crippen LogP contribution in [-0.4, -0.2) is 50.2 Å². The predicted molar refractivity (Wildman–Crippen MR) is 394 cm³/mol. The third-order valence-electron chi connectivity index (χ3n) is 16.9. The second kappa shape index (κ2) is 29.9. The van der Waals surface area contributed by atoms with Crippen LogP contribution in [-0.2, 0) is 0 Å². The van der Waals surface area contributed by atoms with Gasteiger partial charge in [-0.05, 0) is 96.1 Å². The second-order valence-corrected chi connectivity index (χ2v) is 22.9. The zero-order chi connectivity index (χ0) is 61.9. The molecule has 8 nitrogen and oxygen atoms in total. The predicted octanol–water partition coefficient (Wildman–Crippen LogP) is 15.2. The van der Waals surface area contributed by atoms with Crippen LogP contribution >= 0.6 is 0 Å². The molecule has 0 radical (unpaired) electrons. The number of benzene rings is 12. The van der Waals surface area contributed by atoms with Crippen LogP contribution < -0.4 is 41.5 Å². The summed E-state index contributed by atoms with van der Waals surface area (Å²) < 4.78 is 0. The molecule has 0 aromatic heterocycles. The number of hydrazone groups is 4. The summed E-state index contributed by atoms with van der Waals surface area (Å²) in [6.45, 7) is 0.977. The van der Waals surface area contributed by atoms with Crippen molar-refractivity contribution in [1.29, 1.82) is 0 Å². The summed E-state index contributed by atoms with van der Waals surface area (Å²) in [5.41, 5.74) is 19.1. The first-order valence-corrected chi connectivity index (χ1v) is 31.8. The molecule has 0 amide bonds. The third-order valence-corrected chi connectivity index (χ3v) is 16.9. The molecule has 0 fully saturated rings. The minimum Gasteiger partial charge on any atom is -0.305 e. The molecule has 0 bridgehead atoms. The molecular formula is C80H68B4N8. The van der Waals surface area contributed by atoms with Crippen molar-refractivity contribution in [2.45, 2.75) is 25.3 Å². The first kappa shape index (κ1) is 59.7. The Morgan fingerprint density at radius 3 is 0.478 bits per heavy atom. The largest absolute Gasteiger partial charge is 0.322 e. The maximum absolute atomic E-state index is 4.94. The maximum atomic E-state index is 4.94. The highest BCUT2D eigenvalue weighted by atomic mass is 15.4. The van der Waals surface area contributed by atoms with E-state index in [1.165, 1.54) is 44.1 Å². The van der Waals surface area contributed by atoms with Crippen molar-refractivity contribution < 1.29 is 0 Å². The van der Waals surface area contributed by atoms with E-state index in [1.807, 2.05) is 48.5 Å². The van der Waals surface area contributed by atoms with Crippen LogP contribution in [0.25, 0.3) is 0 Å². The second-order valence-electron chi connectivity index (χ2n) is 22.9. The molecule has 92 heavy (non-hydrogen) atoms. The summed E-state index contributed by atoms with van der Waals surface area (Å²) in [6.07, 6.45) is 3.68. The molecule has 0 aliphatic carbocycles. The van der Waals surface area contributed by atoms with Gasteiger partial charge in [-0.3, -0.25) is 0 Å². The fourth-order valence-electron chi connectivity index (χ4n) is 12.3. The summed E-state index contributed by atoms with van der Waals surface area (Å²) >= 11 is 0. The average molecular weight is 1180 g/mol. The van der Waals surface area contributed by atoms with Gasteiger partial charge in [0.1, 0.15) is 0 Å². The Morgan fingerprint density at radius 1 is 0.174 bits per heavy atom. The maximum Gasteiger partial charge on any atom is 0.322 e. The highest BCUT2D eigenvalue weighted by molar-refractivity contribution is 6.83. The van der Waals surface area contributed by atoms with Gasteiger partial charge in [0.15, 0.2) is 0 Å². The van der Waals surface area contributed by atoms with E-state index in [-0.39, 0.29) is 27.4 Å².